The minimum atomic E-state index is -3.96. The highest BCUT2D eigenvalue weighted by Gasteiger charge is 2.24. The van der Waals surface area contributed by atoms with E-state index in [4.69, 9.17) is 20.8 Å². The fourth-order valence-corrected chi connectivity index (χ4v) is 5.78. The fraction of sp³-hybridized carbons (Fsp3) is 0.333. The Morgan fingerprint density at radius 1 is 1.09 bits per heavy atom. The summed E-state index contributed by atoms with van der Waals surface area (Å²) in [5, 5.41) is 3.61. The van der Waals surface area contributed by atoms with Gasteiger partial charge in [-0.2, -0.15) is 0 Å². The van der Waals surface area contributed by atoms with Crippen LogP contribution in [0.4, 0.5) is 11.4 Å². The van der Waals surface area contributed by atoms with Crippen molar-refractivity contribution in [2.45, 2.75) is 37.8 Å². The van der Waals surface area contributed by atoms with Gasteiger partial charge in [-0.05, 0) is 69.3 Å². The van der Waals surface area contributed by atoms with Crippen LogP contribution >= 0.6 is 11.6 Å². The van der Waals surface area contributed by atoms with Gasteiger partial charge in [0.15, 0.2) is 0 Å². The first-order valence-electron chi connectivity index (χ1n) is 10.7. The molecule has 2 aromatic carbocycles. The Balaban J connectivity index is 1.63. The van der Waals surface area contributed by atoms with Crippen molar-refractivity contribution in [3.05, 3.63) is 59.3 Å². The number of aryl methyl sites for hydroxylation is 1. The molecule has 1 aromatic heterocycles. The van der Waals surface area contributed by atoms with Crippen molar-refractivity contribution in [2.24, 2.45) is 0 Å². The normalized spacial score (nSPS) is 18.9. The molecule has 0 unspecified atom stereocenters. The van der Waals surface area contributed by atoms with Crippen molar-refractivity contribution in [3.8, 4) is 17.1 Å². The van der Waals surface area contributed by atoms with Crippen LogP contribution in [0.25, 0.3) is 11.3 Å². The maximum absolute atomic E-state index is 13.2. The maximum atomic E-state index is 13.2. The van der Waals surface area contributed by atoms with E-state index in [1.54, 1.807) is 24.3 Å². The Morgan fingerprint density at radius 2 is 1.82 bits per heavy atom. The van der Waals surface area contributed by atoms with Crippen LogP contribution in [0, 0.1) is 6.92 Å². The molecule has 2 atom stereocenters. The average molecular weight is 490 g/mol. The van der Waals surface area contributed by atoms with Gasteiger partial charge in [-0.1, -0.05) is 11.6 Å². The average Bonchev–Trinajstić information content (AvgIpc) is 3.19. The Labute approximate surface area is 199 Å². The number of hydrogen-bond donors (Lipinski definition) is 2. The second-order valence-corrected chi connectivity index (χ2v) is 10.5. The minimum Gasteiger partial charge on any atom is -0.495 e. The molecule has 2 N–H and O–H groups in total. The van der Waals surface area contributed by atoms with Crippen LogP contribution in [-0.2, 0) is 10.0 Å². The molecule has 9 heteroatoms. The molecule has 176 valence electrons. The second kappa shape index (κ2) is 9.29. The molecule has 2 heterocycles. The van der Waals surface area contributed by atoms with E-state index in [0.717, 1.165) is 24.5 Å². The van der Waals surface area contributed by atoms with Gasteiger partial charge in [-0.3, -0.25) is 4.72 Å². The van der Waals surface area contributed by atoms with E-state index in [1.807, 2.05) is 25.1 Å². The lowest BCUT2D eigenvalue weighted by Gasteiger charge is -2.38. The molecule has 1 aliphatic heterocycles. The third-order valence-electron chi connectivity index (χ3n) is 5.60. The van der Waals surface area contributed by atoms with Crippen LogP contribution in [-0.4, -0.2) is 40.7 Å². The Hall–Kier alpha value is -2.68. The number of sulfonamides is 1. The molecular formula is C24H28ClN3O4S. The van der Waals surface area contributed by atoms with E-state index in [0.29, 0.717) is 34.8 Å². The predicted molar refractivity (Wildman–Crippen MR) is 132 cm³/mol. The largest absolute Gasteiger partial charge is 0.495 e. The second-order valence-electron chi connectivity index (χ2n) is 8.42. The van der Waals surface area contributed by atoms with Gasteiger partial charge in [0.1, 0.15) is 22.2 Å². The topological polar surface area (TPSA) is 83.8 Å². The summed E-state index contributed by atoms with van der Waals surface area (Å²) in [6.45, 7) is 7.75. The SMILES string of the molecule is COc1ccc(N2C[C@@H](C)N[C@@H](C)C2)cc1NS(=O)(=O)c1ccc(-c2ccc(C)o2)cc1Cl. The molecule has 3 aromatic rings. The number of methoxy groups -OCH3 is 1. The van der Waals surface area contributed by atoms with E-state index in [2.05, 4.69) is 28.8 Å². The van der Waals surface area contributed by atoms with Crippen LogP contribution in [0.15, 0.2) is 57.8 Å². The number of rotatable bonds is 6. The smallest absolute Gasteiger partial charge is 0.263 e. The molecule has 0 aliphatic carbocycles. The minimum absolute atomic E-state index is 0.0203. The van der Waals surface area contributed by atoms with Crippen molar-refractivity contribution in [1.29, 1.82) is 0 Å². The van der Waals surface area contributed by atoms with Crippen molar-refractivity contribution in [1.82, 2.24) is 5.32 Å². The summed E-state index contributed by atoms with van der Waals surface area (Å²) in [6.07, 6.45) is 0. The van der Waals surface area contributed by atoms with Crippen LogP contribution in [0.3, 0.4) is 0 Å². The summed E-state index contributed by atoms with van der Waals surface area (Å²) >= 11 is 6.39. The monoisotopic (exact) mass is 489 g/mol. The number of furan rings is 1. The summed E-state index contributed by atoms with van der Waals surface area (Å²) in [7, 11) is -2.45. The van der Waals surface area contributed by atoms with Crippen LogP contribution in [0.5, 0.6) is 5.75 Å². The highest BCUT2D eigenvalue weighted by atomic mass is 35.5. The summed E-state index contributed by atoms with van der Waals surface area (Å²) in [5.41, 5.74) is 1.98. The molecule has 1 saturated heterocycles. The molecule has 4 rings (SSSR count). The van der Waals surface area contributed by atoms with Gasteiger partial charge in [0.05, 0.1) is 17.8 Å². The van der Waals surface area contributed by atoms with E-state index >= 15 is 0 Å². The van der Waals surface area contributed by atoms with Crippen LogP contribution < -0.4 is 19.7 Å². The van der Waals surface area contributed by atoms with Crippen LogP contribution in [0.1, 0.15) is 19.6 Å². The van der Waals surface area contributed by atoms with E-state index in [9.17, 15) is 8.42 Å². The molecule has 0 saturated carbocycles. The number of anilines is 2. The molecule has 0 radical (unpaired) electrons. The Kier molecular flexibility index (Phi) is 6.61. The third kappa shape index (κ3) is 5.13. The number of ether oxygens (including phenoxy) is 1. The zero-order valence-electron chi connectivity index (χ0n) is 19.1. The van der Waals surface area contributed by atoms with Gasteiger partial charge >= 0.3 is 0 Å². The first kappa shape index (κ1) is 23.5. The summed E-state index contributed by atoms with van der Waals surface area (Å²) in [5.74, 6) is 1.82. The highest BCUT2D eigenvalue weighted by molar-refractivity contribution is 7.92. The van der Waals surface area contributed by atoms with E-state index < -0.39 is 10.0 Å². The van der Waals surface area contributed by atoms with Gasteiger partial charge in [-0.15, -0.1) is 0 Å². The first-order chi connectivity index (χ1) is 15.7. The standard InChI is InChI=1S/C24H28ClN3O4S/c1-15-13-28(14-16(2)26-15)19-7-9-23(31-4)21(12-19)27-33(29,30)24-10-6-18(11-20(24)25)22-8-5-17(3)32-22/h5-12,15-16,26-27H,13-14H2,1-4H3/t15-,16+. The Morgan fingerprint density at radius 3 is 2.42 bits per heavy atom. The molecule has 1 aliphatic rings. The fourth-order valence-electron chi connectivity index (χ4n) is 4.17. The molecule has 0 amide bonds. The molecule has 7 nitrogen and oxygen atoms in total. The lowest BCUT2D eigenvalue weighted by molar-refractivity contribution is 0.406. The van der Waals surface area contributed by atoms with Gasteiger partial charge in [-0.25, -0.2) is 8.42 Å². The number of nitrogens with one attached hydrogen (secondary N) is 2. The number of hydrogen-bond acceptors (Lipinski definition) is 6. The van der Waals surface area contributed by atoms with Crippen molar-refractivity contribution >= 4 is 33.0 Å². The molecule has 1 fully saturated rings. The summed E-state index contributed by atoms with van der Waals surface area (Å²) < 4.78 is 40.2. The quantitative estimate of drug-likeness (QED) is 0.512. The maximum Gasteiger partial charge on any atom is 0.263 e. The lowest BCUT2D eigenvalue weighted by atomic mass is 10.1. The molecule has 0 spiro atoms. The van der Waals surface area contributed by atoms with E-state index in [1.165, 1.54) is 13.2 Å². The van der Waals surface area contributed by atoms with Crippen molar-refractivity contribution in [3.63, 3.8) is 0 Å². The third-order valence-corrected chi connectivity index (χ3v) is 7.44. The first-order valence-corrected chi connectivity index (χ1v) is 12.6. The molecule has 33 heavy (non-hydrogen) atoms. The number of piperazine rings is 1. The van der Waals surface area contributed by atoms with Gasteiger partial charge < -0.3 is 19.4 Å². The van der Waals surface area contributed by atoms with Gasteiger partial charge in [0, 0.05) is 36.4 Å². The zero-order valence-corrected chi connectivity index (χ0v) is 20.6. The molecule has 0 bridgehead atoms. The summed E-state index contributed by atoms with van der Waals surface area (Å²) in [4.78, 5) is 2.21. The van der Waals surface area contributed by atoms with Crippen molar-refractivity contribution < 1.29 is 17.6 Å². The number of halogens is 1. The number of nitrogens with zero attached hydrogens (tertiary/aromatic N) is 1. The zero-order chi connectivity index (χ0) is 23.8. The predicted octanol–water partition coefficient (Wildman–Crippen LogP) is 4.90. The van der Waals surface area contributed by atoms with Crippen molar-refractivity contribution in [2.75, 3.05) is 29.8 Å². The van der Waals surface area contributed by atoms with Gasteiger partial charge in [0.2, 0.25) is 0 Å². The lowest BCUT2D eigenvalue weighted by Crippen LogP contribution is -2.54. The Bertz CT molecular complexity index is 1250. The summed E-state index contributed by atoms with van der Waals surface area (Å²) in [6, 6.07) is 14.6. The number of benzene rings is 2. The van der Waals surface area contributed by atoms with Gasteiger partial charge in [0.25, 0.3) is 10.0 Å². The van der Waals surface area contributed by atoms with Crippen LogP contribution in [0.2, 0.25) is 5.02 Å². The van der Waals surface area contributed by atoms with E-state index in [-0.39, 0.29) is 9.92 Å². The highest BCUT2D eigenvalue weighted by Crippen LogP contribution is 2.34. The molecular weight excluding hydrogens is 462 g/mol.